The Morgan fingerprint density at radius 3 is 2.88 bits per heavy atom. The summed E-state index contributed by atoms with van der Waals surface area (Å²) < 4.78 is 25.6. The van der Waals surface area contributed by atoms with E-state index in [-0.39, 0.29) is 23.8 Å². The Hall–Kier alpha value is -2.60. The summed E-state index contributed by atoms with van der Waals surface area (Å²) in [4.78, 5) is 12.3. The van der Waals surface area contributed by atoms with E-state index in [1.54, 1.807) is 18.2 Å². The maximum Gasteiger partial charge on any atom is 0.228 e. The molecule has 4 rings (SSSR count). The summed E-state index contributed by atoms with van der Waals surface area (Å²) in [6.07, 6.45) is 0.780. The molecule has 2 aliphatic heterocycles. The Morgan fingerprint density at radius 2 is 2.00 bits per heavy atom. The van der Waals surface area contributed by atoms with Crippen LogP contribution in [0.1, 0.15) is 16.7 Å². The van der Waals surface area contributed by atoms with E-state index in [2.05, 4.69) is 10.6 Å². The number of amides is 1. The second-order valence-electron chi connectivity index (χ2n) is 6.19. The van der Waals surface area contributed by atoms with Crippen LogP contribution in [0.15, 0.2) is 30.3 Å². The summed E-state index contributed by atoms with van der Waals surface area (Å²) in [6, 6.07) is 8.90. The number of halogens is 1. The molecule has 0 saturated heterocycles. The molecule has 0 radical (unpaired) electrons. The molecule has 2 heterocycles. The number of rotatable bonds is 3. The van der Waals surface area contributed by atoms with Crippen LogP contribution in [0.25, 0.3) is 0 Å². The van der Waals surface area contributed by atoms with Gasteiger partial charge in [-0.25, -0.2) is 4.39 Å². The zero-order valence-electron chi connectivity index (χ0n) is 13.7. The Bertz CT molecular complexity index is 823. The van der Waals surface area contributed by atoms with E-state index >= 15 is 0 Å². The molecule has 5 nitrogen and oxygen atoms in total. The number of hydrogen-bond acceptors (Lipinski definition) is 4. The molecular formula is C19H19FN2O3. The van der Waals surface area contributed by atoms with Gasteiger partial charge in [0, 0.05) is 6.54 Å². The van der Waals surface area contributed by atoms with Crippen LogP contribution in [0.5, 0.6) is 11.5 Å². The summed E-state index contributed by atoms with van der Waals surface area (Å²) in [7, 11) is 0. The number of hydrogen-bond donors (Lipinski definition) is 2. The average molecular weight is 342 g/mol. The van der Waals surface area contributed by atoms with Crippen LogP contribution in [0.4, 0.5) is 10.1 Å². The van der Waals surface area contributed by atoms with Gasteiger partial charge in [0.15, 0.2) is 11.5 Å². The van der Waals surface area contributed by atoms with Crippen LogP contribution < -0.4 is 20.1 Å². The van der Waals surface area contributed by atoms with Crippen LogP contribution >= 0.6 is 0 Å². The van der Waals surface area contributed by atoms with E-state index < -0.39 is 0 Å². The maximum absolute atomic E-state index is 14.6. The molecule has 0 unspecified atom stereocenters. The van der Waals surface area contributed by atoms with Gasteiger partial charge in [0.1, 0.15) is 19.0 Å². The molecule has 6 heteroatoms. The first-order valence-electron chi connectivity index (χ1n) is 8.40. The van der Waals surface area contributed by atoms with Crippen molar-refractivity contribution in [2.75, 3.05) is 25.1 Å². The Kier molecular flexibility index (Phi) is 4.28. The van der Waals surface area contributed by atoms with Crippen LogP contribution in [0, 0.1) is 5.82 Å². The molecule has 0 saturated carbocycles. The van der Waals surface area contributed by atoms with Crippen molar-refractivity contribution >= 4 is 11.6 Å². The highest BCUT2D eigenvalue weighted by Crippen LogP contribution is 2.31. The van der Waals surface area contributed by atoms with Crippen molar-refractivity contribution < 1.29 is 18.7 Å². The minimum atomic E-state index is -0.325. The third kappa shape index (κ3) is 3.30. The van der Waals surface area contributed by atoms with Gasteiger partial charge >= 0.3 is 0 Å². The van der Waals surface area contributed by atoms with Crippen LogP contribution in [0.2, 0.25) is 0 Å². The highest BCUT2D eigenvalue weighted by Gasteiger charge is 2.18. The van der Waals surface area contributed by atoms with Gasteiger partial charge in [0.25, 0.3) is 0 Å². The topological polar surface area (TPSA) is 59.6 Å². The minimum Gasteiger partial charge on any atom is -0.486 e. The number of carbonyl (C=O) groups is 1. The summed E-state index contributed by atoms with van der Waals surface area (Å²) in [5.41, 5.74) is 2.68. The molecule has 25 heavy (non-hydrogen) atoms. The zero-order chi connectivity index (χ0) is 17.2. The van der Waals surface area contributed by atoms with E-state index in [0.717, 1.165) is 17.7 Å². The predicted molar refractivity (Wildman–Crippen MR) is 91.6 cm³/mol. The summed E-state index contributed by atoms with van der Waals surface area (Å²) >= 11 is 0. The molecule has 2 N–H and O–H groups in total. The third-order valence-corrected chi connectivity index (χ3v) is 4.45. The lowest BCUT2D eigenvalue weighted by molar-refractivity contribution is -0.115. The number of ether oxygens (including phenoxy) is 2. The van der Waals surface area contributed by atoms with Crippen molar-refractivity contribution in [1.82, 2.24) is 5.32 Å². The lowest BCUT2D eigenvalue weighted by atomic mass is 9.99. The second-order valence-corrected chi connectivity index (χ2v) is 6.19. The van der Waals surface area contributed by atoms with Crippen molar-refractivity contribution in [3.63, 3.8) is 0 Å². The van der Waals surface area contributed by atoms with E-state index in [1.807, 2.05) is 12.1 Å². The molecule has 2 aromatic carbocycles. The average Bonchev–Trinajstić information content (AvgIpc) is 2.64. The number of carbonyl (C=O) groups excluding carboxylic acids is 1. The first-order chi connectivity index (χ1) is 12.2. The van der Waals surface area contributed by atoms with E-state index in [9.17, 15) is 9.18 Å². The molecule has 0 aliphatic carbocycles. The van der Waals surface area contributed by atoms with Crippen LogP contribution in [-0.2, 0) is 24.2 Å². The van der Waals surface area contributed by atoms with Gasteiger partial charge in [-0.3, -0.25) is 4.79 Å². The molecule has 1 amide bonds. The predicted octanol–water partition coefficient (Wildman–Crippen LogP) is 2.42. The van der Waals surface area contributed by atoms with Crippen molar-refractivity contribution in [2.24, 2.45) is 0 Å². The smallest absolute Gasteiger partial charge is 0.228 e. The molecule has 0 atom stereocenters. The Balaban J connectivity index is 1.47. The third-order valence-electron chi connectivity index (χ3n) is 4.45. The summed E-state index contributed by atoms with van der Waals surface area (Å²) in [5.74, 6) is 0.743. The van der Waals surface area contributed by atoms with Crippen LogP contribution in [-0.4, -0.2) is 25.7 Å². The Labute approximate surface area is 145 Å². The van der Waals surface area contributed by atoms with Gasteiger partial charge in [-0.2, -0.15) is 0 Å². The van der Waals surface area contributed by atoms with E-state index in [1.165, 1.54) is 0 Å². The normalized spacial score (nSPS) is 15.4. The van der Waals surface area contributed by atoms with Crippen molar-refractivity contribution in [1.29, 1.82) is 0 Å². The number of benzene rings is 2. The molecule has 2 aliphatic rings. The molecule has 0 fully saturated rings. The van der Waals surface area contributed by atoms with E-state index in [0.29, 0.717) is 43.2 Å². The van der Waals surface area contributed by atoms with Crippen molar-refractivity contribution in [3.05, 3.63) is 52.8 Å². The largest absolute Gasteiger partial charge is 0.486 e. The molecule has 0 bridgehead atoms. The lowest BCUT2D eigenvalue weighted by Gasteiger charge is -2.20. The number of fused-ring (bicyclic) bond motifs is 2. The minimum absolute atomic E-state index is 0.148. The first-order valence-corrected chi connectivity index (χ1v) is 8.40. The first kappa shape index (κ1) is 15.9. The molecular weight excluding hydrogens is 323 g/mol. The second kappa shape index (κ2) is 6.72. The molecule has 2 aromatic rings. The number of nitrogens with one attached hydrogen (secondary N) is 2. The van der Waals surface area contributed by atoms with Gasteiger partial charge < -0.3 is 20.1 Å². The monoisotopic (exact) mass is 342 g/mol. The van der Waals surface area contributed by atoms with Gasteiger partial charge in [0.05, 0.1) is 12.1 Å². The van der Waals surface area contributed by atoms with Gasteiger partial charge in [-0.1, -0.05) is 12.1 Å². The van der Waals surface area contributed by atoms with Gasteiger partial charge in [-0.15, -0.1) is 0 Å². The Morgan fingerprint density at radius 1 is 1.16 bits per heavy atom. The molecule has 0 spiro atoms. The fourth-order valence-electron chi connectivity index (χ4n) is 3.21. The molecule has 130 valence electrons. The SMILES string of the molecule is O=C(Cc1ccc2c(c1)OCCO2)Nc1ccc2c(c1F)CCNC2. The standard InChI is InChI=1S/C19H19FN2O3/c20-19-14-5-6-21-11-13(14)2-3-15(19)22-18(23)10-12-1-4-16-17(9-12)25-8-7-24-16/h1-4,9,21H,5-8,10-11H2,(H,22,23). The fourth-order valence-corrected chi connectivity index (χ4v) is 3.21. The lowest BCUT2D eigenvalue weighted by Crippen LogP contribution is -2.25. The highest BCUT2D eigenvalue weighted by atomic mass is 19.1. The van der Waals surface area contributed by atoms with E-state index in [4.69, 9.17) is 9.47 Å². The fraction of sp³-hybridized carbons (Fsp3) is 0.316. The van der Waals surface area contributed by atoms with Crippen molar-refractivity contribution in [3.8, 4) is 11.5 Å². The van der Waals surface area contributed by atoms with Crippen LogP contribution in [0.3, 0.4) is 0 Å². The zero-order valence-corrected chi connectivity index (χ0v) is 13.7. The summed E-state index contributed by atoms with van der Waals surface area (Å²) in [6.45, 7) is 2.44. The quantitative estimate of drug-likeness (QED) is 0.899. The van der Waals surface area contributed by atoms with Crippen molar-refractivity contribution in [2.45, 2.75) is 19.4 Å². The number of anilines is 1. The maximum atomic E-state index is 14.6. The molecule has 0 aromatic heterocycles. The van der Waals surface area contributed by atoms with Gasteiger partial charge in [0.2, 0.25) is 5.91 Å². The highest BCUT2D eigenvalue weighted by molar-refractivity contribution is 5.92. The summed E-state index contributed by atoms with van der Waals surface area (Å²) in [5, 5.41) is 5.89. The van der Waals surface area contributed by atoms with Gasteiger partial charge in [-0.05, 0) is 47.9 Å².